The highest BCUT2D eigenvalue weighted by molar-refractivity contribution is 9.10. The molecule has 1 N–H and O–H groups in total. The zero-order chi connectivity index (χ0) is 17.4. The molecule has 1 atom stereocenters. The smallest absolute Gasteiger partial charge is 0.408 e. The fourth-order valence-corrected chi connectivity index (χ4v) is 2.90. The van der Waals surface area contributed by atoms with Crippen molar-refractivity contribution in [3.8, 4) is 0 Å². The van der Waals surface area contributed by atoms with Crippen LogP contribution in [0.1, 0.15) is 32.8 Å². The molecule has 0 unspecified atom stereocenters. The van der Waals surface area contributed by atoms with Gasteiger partial charge in [0.15, 0.2) is 0 Å². The summed E-state index contributed by atoms with van der Waals surface area (Å²) in [6, 6.07) is 2.32. The number of rotatable bonds is 1. The van der Waals surface area contributed by atoms with Gasteiger partial charge in [0.05, 0.1) is 5.69 Å². The predicted octanol–water partition coefficient (Wildman–Crippen LogP) is 3.39. The lowest BCUT2D eigenvalue weighted by Crippen LogP contribution is -2.48. The SMILES string of the molecule is CN1C(=O)[C@@H](NC(=O)OC(C)(C)C)CCc2c(F)cc(Br)cc21. The zero-order valence-electron chi connectivity index (χ0n) is 13.6. The molecule has 1 heterocycles. The first-order chi connectivity index (χ1) is 10.6. The molecule has 0 radical (unpaired) electrons. The summed E-state index contributed by atoms with van der Waals surface area (Å²) in [5.41, 5.74) is 0.330. The number of benzene rings is 1. The second-order valence-corrected chi connectivity index (χ2v) is 7.44. The van der Waals surface area contributed by atoms with Crippen LogP contribution >= 0.6 is 15.9 Å². The van der Waals surface area contributed by atoms with Gasteiger partial charge < -0.3 is 15.0 Å². The number of carbonyl (C=O) groups is 2. The Balaban J connectivity index is 2.21. The molecular formula is C16H20BrFN2O3. The van der Waals surface area contributed by atoms with E-state index in [0.717, 1.165) is 0 Å². The van der Waals surface area contributed by atoms with Gasteiger partial charge in [-0.2, -0.15) is 0 Å². The van der Waals surface area contributed by atoms with E-state index in [9.17, 15) is 14.0 Å². The summed E-state index contributed by atoms with van der Waals surface area (Å²) in [6.45, 7) is 5.24. The van der Waals surface area contributed by atoms with E-state index < -0.39 is 17.7 Å². The minimum Gasteiger partial charge on any atom is -0.444 e. The van der Waals surface area contributed by atoms with E-state index in [1.165, 1.54) is 11.0 Å². The molecule has 0 saturated heterocycles. The van der Waals surface area contributed by atoms with Crippen molar-refractivity contribution < 1.29 is 18.7 Å². The van der Waals surface area contributed by atoms with Gasteiger partial charge in [0, 0.05) is 17.1 Å². The summed E-state index contributed by atoms with van der Waals surface area (Å²) in [5, 5.41) is 2.58. The van der Waals surface area contributed by atoms with Crippen LogP contribution in [-0.2, 0) is 16.0 Å². The number of hydrogen-bond donors (Lipinski definition) is 1. The van der Waals surface area contributed by atoms with Gasteiger partial charge in [-0.05, 0) is 45.7 Å². The van der Waals surface area contributed by atoms with Crippen LogP contribution < -0.4 is 10.2 Å². The molecule has 2 rings (SSSR count). The van der Waals surface area contributed by atoms with E-state index in [1.54, 1.807) is 33.9 Å². The molecule has 0 saturated carbocycles. The Bertz CT molecular complexity index is 643. The topological polar surface area (TPSA) is 58.6 Å². The third kappa shape index (κ3) is 4.22. The van der Waals surface area contributed by atoms with Gasteiger partial charge in [-0.25, -0.2) is 9.18 Å². The highest BCUT2D eigenvalue weighted by Crippen LogP contribution is 2.31. The molecule has 5 nitrogen and oxygen atoms in total. The standard InChI is InChI=1S/C16H20BrFN2O3/c1-16(2,3)23-15(22)19-12-6-5-10-11(18)7-9(17)8-13(10)20(4)14(12)21/h7-8,12H,5-6H2,1-4H3,(H,19,22)/t12-/m0/s1. The molecule has 126 valence electrons. The highest BCUT2D eigenvalue weighted by atomic mass is 79.9. The summed E-state index contributed by atoms with van der Waals surface area (Å²) in [6.07, 6.45) is 0.00995. The molecule has 0 bridgehead atoms. The molecular weight excluding hydrogens is 367 g/mol. The molecule has 23 heavy (non-hydrogen) atoms. The molecule has 7 heteroatoms. The second-order valence-electron chi connectivity index (χ2n) is 6.52. The van der Waals surface area contributed by atoms with Crippen molar-refractivity contribution in [2.24, 2.45) is 0 Å². The zero-order valence-corrected chi connectivity index (χ0v) is 15.2. The van der Waals surface area contributed by atoms with Crippen LogP contribution in [0.15, 0.2) is 16.6 Å². The molecule has 1 aromatic rings. The third-order valence-corrected chi connectivity index (χ3v) is 3.96. The third-order valence-electron chi connectivity index (χ3n) is 3.50. The van der Waals surface area contributed by atoms with Gasteiger partial charge in [-0.15, -0.1) is 0 Å². The first-order valence-corrected chi connectivity index (χ1v) is 8.13. The first-order valence-electron chi connectivity index (χ1n) is 7.33. The van der Waals surface area contributed by atoms with Crippen LogP contribution in [0.2, 0.25) is 0 Å². The fraction of sp³-hybridized carbons (Fsp3) is 0.500. The molecule has 0 spiro atoms. The van der Waals surface area contributed by atoms with Crippen LogP contribution in [0.25, 0.3) is 0 Å². The average molecular weight is 387 g/mol. The number of fused-ring (bicyclic) bond motifs is 1. The van der Waals surface area contributed by atoms with Crippen molar-refractivity contribution in [2.75, 3.05) is 11.9 Å². The van der Waals surface area contributed by atoms with Crippen molar-refractivity contribution in [1.29, 1.82) is 0 Å². The lowest BCUT2D eigenvalue weighted by molar-refractivity contribution is -0.120. The van der Waals surface area contributed by atoms with Crippen LogP contribution in [-0.4, -0.2) is 30.7 Å². The van der Waals surface area contributed by atoms with E-state index in [-0.39, 0.29) is 11.7 Å². The Hall–Kier alpha value is -1.63. The van der Waals surface area contributed by atoms with Crippen LogP contribution in [0.3, 0.4) is 0 Å². The van der Waals surface area contributed by atoms with E-state index >= 15 is 0 Å². The second kappa shape index (κ2) is 6.47. The maximum Gasteiger partial charge on any atom is 0.408 e. The number of carbonyl (C=O) groups excluding carboxylic acids is 2. The van der Waals surface area contributed by atoms with E-state index in [1.807, 2.05) is 0 Å². The Morgan fingerprint density at radius 3 is 2.70 bits per heavy atom. The molecule has 1 aliphatic heterocycles. The number of likely N-dealkylation sites (N-methyl/N-ethyl adjacent to an activating group) is 1. The molecule has 1 aromatic carbocycles. The Morgan fingerprint density at radius 2 is 2.09 bits per heavy atom. The summed E-state index contributed by atoms with van der Waals surface area (Å²) in [4.78, 5) is 25.8. The van der Waals surface area contributed by atoms with Crippen LogP contribution in [0.4, 0.5) is 14.9 Å². The van der Waals surface area contributed by atoms with Crippen LogP contribution in [0, 0.1) is 5.82 Å². The summed E-state index contributed by atoms with van der Waals surface area (Å²) in [7, 11) is 1.57. The molecule has 0 aromatic heterocycles. The summed E-state index contributed by atoms with van der Waals surface area (Å²) in [5.74, 6) is -0.668. The summed E-state index contributed by atoms with van der Waals surface area (Å²) >= 11 is 3.23. The number of halogens is 2. The van der Waals surface area contributed by atoms with E-state index in [4.69, 9.17) is 4.74 Å². The number of nitrogens with zero attached hydrogens (tertiary/aromatic N) is 1. The van der Waals surface area contributed by atoms with Crippen molar-refractivity contribution in [2.45, 2.75) is 45.3 Å². The van der Waals surface area contributed by atoms with Gasteiger partial charge >= 0.3 is 6.09 Å². The first kappa shape index (κ1) is 17.7. The van der Waals surface area contributed by atoms with Gasteiger partial charge in [-0.1, -0.05) is 15.9 Å². The number of anilines is 1. The quantitative estimate of drug-likeness (QED) is 0.804. The predicted molar refractivity (Wildman–Crippen MR) is 89.0 cm³/mol. The van der Waals surface area contributed by atoms with Crippen LogP contribution in [0.5, 0.6) is 0 Å². The van der Waals surface area contributed by atoms with Gasteiger partial charge in [-0.3, -0.25) is 4.79 Å². The Morgan fingerprint density at radius 1 is 1.43 bits per heavy atom. The summed E-state index contributed by atoms with van der Waals surface area (Å²) < 4.78 is 19.9. The minimum absolute atomic E-state index is 0.299. The van der Waals surface area contributed by atoms with Gasteiger partial charge in [0.25, 0.3) is 0 Å². The maximum atomic E-state index is 14.1. The maximum absolute atomic E-state index is 14.1. The van der Waals surface area contributed by atoms with E-state index in [2.05, 4.69) is 21.2 Å². The van der Waals surface area contributed by atoms with Gasteiger partial charge in [0.1, 0.15) is 17.5 Å². The monoisotopic (exact) mass is 386 g/mol. The van der Waals surface area contributed by atoms with E-state index in [0.29, 0.717) is 28.6 Å². The number of hydrogen-bond acceptors (Lipinski definition) is 3. The number of ether oxygens (including phenoxy) is 1. The minimum atomic E-state index is -0.750. The average Bonchev–Trinajstić information content (AvgIpc) is 2.50. The van der Waals surface area contributed by atoms with Crippen molar-refractivity contribution in [1.82, 2.24) is 5.32 Å². The number of nitrogens with one attached hydrogen (secondary N) is 1. The lowest BCUT2D eigenvalue weighted by Gasteiger charge is -2.24. The molecule has 0 fully saturated rings. The number of amides is 2. The molecule has 0 aliphatic carbocycles. The Kier molecular flexibility index (Phi) is 4.98. The van der Waals surface area contributed by atoms with Crippen molar-refractivity contribution >= 4 is 33.6 Å². The normalized spacial score (nSPS) is 18.3. The van der Waals surface area contributed by atoms with Crippen molar-refractivity contribution in [3.63, 3.8) is 0 Å². The largest absolute Gasteiger partial charge is 0.444 e. The molecule has 2 amide bonds. The highest BCUT2D eigenvalue weighted by Gasteiger charge is 2.32. The molecule has 1 aliphatic rings. The van der Waals surface area contributed by atoms with Crippen molar-refractivity contribution in [3.05, 3.63) is 28.0 Å². The van der Waals surface area contributed by atoms with Gasteiger partial charge in [0.2, 0.25) is 5.91 Å². The fourth-order valence-electron chi connectivity index (χ4n) is 2.49. The number of alkyl carbamates (subject to hydrolysis) is 1. The lowest BCUT2D eigenvalue weighted by atomic mass is 10.1. The Labute approximate surface area is 143 Å².